The minimum atomic E-state index is 0.570. The second kappa shape index (κ2) is 11.4. The lowest BCUT2D eigenvalue weighted by Crippen LogP contribution is -2.22. The highest BCUT2D eigenvalue weighted by Gasteiger charge is 2.13. The predicted octanol–water partition coefficient (Wildman–Crippen LogP) is 6.79. The molecule has 0 unspecified atom stereocenters. The predicted molar refractivity (Wildman–Crippen MR) is 134 cm³/mol. The Hall–Kier alpha value is -2.44. The maximum absolute atomic E-state index is 6.22. The first-order chi connectivity index (χ1) is 15.7. The number of anilines is 2. The number of benzene rings is 1. The summed E-state index contributed by atoms with van der Waals surface area (Å²) in [6, 6.07) is 16.6. The van der Waals surface area contributed by atoms with E-state index in [9.17, 15) is 0 Å². The highest BCUT2D eigenvalue weighted by molar-refractivity contribution is 8.00. The van der Waals surface area contributed by atoms with Gasteiger partial charge in [0.05, 0.1) is 12.1 Å². The fourth-order valence-corrected chi connectivity index (χ4v) is 4.81. The standard InChI is InChI=1S/C25H29ClN4OS/c1-31-25-19(14-16-24(29-25)30-32-22-10-6-5-9-21(22)26)13-11-18-12-15-23(27-17-18)28-20-7-3-2-4-8-20/h5-6,9-10,12,14-17,20H,2-4,7-8,11,13H2,1H3,(H,27,28)(H,29,30). The number of halogens is 1. The van der Waals surface area contributed by atoms with E-state index in [1.807, 2.05) is 36.5 Å². The Bertz CT molecular complexity index is 1010. The lowest BCUT2D eigenvalue weighted by atomic mass is 9.95. The van der Waals surface area contributed by atoms with E-state index in [2.05, 4.69) is 38.2 Å². The van der Waals surface area contributed by atoms with Crippen LogP contribution in [0.25, 0.3) is 0 Å². The number of ether oxygens (including phenoxy) is 1. The van der Waals surface area contributed by atoms with E-state index in [0.29, 0.717) is 16.9 Å². The molecule has 1 aliphatic rings. The van der Waals surface area contributed by atoms with E-state index in [-0.39, 0.29) is 0 Å². The Balaban J connectivity index is 1.32. The normalized spacial score (nSPS) is 14.2. The zero-order chi connectivity index (χ0) is 22.2. The Kier molecular flexibility index (Phi) is 8.13. The molecule has 2 aromatic heterocycles. The van der Waals surface area contributed by atoms with Crippen LogP contribution in [-0.4, -0.2) is 23.1 Å². The van der Waals surface area contributed by atoms with Gasteiger partial charge in [0.2, 0.25) is 5.88 Å². The lowest BCUT2D eigenvalue weighted by Gasteiger charge is -2.23. The van der Waals surface area contributed by atoms with Crippen LogP contribution in [0.2, 0.25) is 5.02 Å². The largest absolute Gasteiger partial charge is 0.481 e. The first-order valence-electron chi connectivity index (χ1n) is 11.1. The van der Waals surface area contributed by atoms with Crippen molar-refractivity contribution in [3.8, 4) is 5.88 Å². The van der Waals surface area contributed by atoms with Gasteiger partial charge in [-0.25, -0.2) is 4.98 Å². The van der Waals surface area contributed by atoms with E-state index in [1.54, 1.807) is 7.11 Å². The molecule has 1 aromatic carbocycles. The van der Waals surface area contributed by atoms with E-state index < -0.39 is 0 Å². The van der Waals surface area contributed by atoms with Crippen molar-refractivity contribution in [2.24, 2.45) is 0 Å². The molecule has 2 N–H and O–H groups in total. The fraction of sp³-hybridized carbons (Fsp3) is 0.360. The molecule has 2 heterocycles. The second-order valence-corrected chi connectivity index (χ2v) is 9.29. The summed E-state index contributed by atoms with van der Waals surface area (Å²) in [6.45, 7) is 0. The van der Waals surface area contributed by atoms with Gasteiger partial charge in [-0.3, -0.25) is 0 Å². The van der Waals surface area contributed by atoms with Crippen molar-refractivity contribution in [1.29, 1.82) is 0 Å². The SMILES string of the molecule is COc1nc(NSc2ccccc2Cl)ccc1CCc1ccc(NC2CCCCC2)nc1. The maximum atomic E-state index is 6.22. The van der Waals surface area contributed by atoms with Crippen LogP contribution in [0.3, 0.4) is 0 Å². The molecule has 0 saturated heterocycles. The number of pyridine rings is 2. The molecule has 0 amide bonds. The van der Waals surface area contributed by atoms with E-state index in [4.69, 9.17) is 16.3 Å². The van der Waals surface area contributed by atoms with E-state index in [0.717, 1.165) is 34.9 Å². The Labute approximate surface area is 199 Å². The van der Waals surface area contributed by atoms with Gasteiger partial charge in [0, 0.05) is 22.7 Å². The van der Waals surface area contributed by atoms with Gasteiger partial charge in [-0.15, -0.1) is 0 Å². The number of methoxy groups -OCH3 is 1. The van der Waals surface area contributed by atoms with Crippen molar-refractivity contribution in [2.75, 3.05) is 17.1 Å². The number of aryl methyl sites for hydroxylation is 2. The minimum Gasteiger partial charge on any atom is -0.481 e. The third kappa shape index (κ3) is 6.30. The maximum Gasteiger partial charge on any atom is 0.218 e. The van der Waals surface area contributed by atoms with Crippen LogP contribution in [0.5, 0.6) is 5.88 Å². The Morgan fingerprint density at radius 3 is 2.56 bits per heavy atom. The van der Waals surface area contributed by atoms with E-state index >= 15 is 0 Å². The number of aromatic nitrogens is 2. The average Bonchev–Trinajstić information content (AvgIpc) is 2.84. The summed E-state index contributed by atoms with van der Waals surface area (Å²) in [7, 11) is 1.66. The number of nitrogens with zero attached hydrogens (tertiary/aromatic N) is 2. The third-order valence-electron chi connectivity index (χ3n) is 5.70. The summed E-state index contributed by atoms with van der Waals surface area (Å²) >= 11 is 7.65. The smallest absolute Gasteiger partial charge is 0.218 e. The van der Waals surface area contributed by atoms with Gasteiger partial charge < -0.3 is 14.8 Å². The number of hydrogen-bond donors (Lipinski definition) is 2. The lowest BCUT2D eigenvalue weighted by molar-refractivity contribution is 0.393. The molecular formula is C25H29ClN4OS. The first kappa shape index (κ1) is 22.7. The molecule has 32 heavy (non-hydrogen) atoms. The topological polar surface area (TPSA) is 59.1 Å². The summed E-state index contributed by atoms with van der Waals surface area (Å²) in [6.07, 6.45) is 10.2. The Morgan fingerprint density at radius 1 is 1.00 bits per heavy atom. The van der Waals surface area contributed by atoms with Crippen LogP contribution in [-0.2, 0) is 12.8 Å². The van der Waals surface area contributed by atoms with Crippen LogP contribution in [0.4, 0.5) is 11.6 Å². The zero-order valence-corrected chi connectivity index (χ0v) is 19.9. The van der Waals surface area contributed by atoms with Gasteiger partial charge in [0.25, 0.3) is 0 Å². The number of nitrogens with one attached hydrogen (secondary N) is 2. The van der Waals surface area contributed by atoms with Gasteiger partial charge in [0.15, 0.2) is 0 Å². The molecule has 5 nitrogen and oxygen atoms in total. The van der Waals surface area contributed by atoms with Crippen LogP contribution < -0.4 is 14.8 Å². The molecule has 0 radical (unpaired) electrons. The van der Waals surface area contributed by atoms with Gasteiger partial charge >= 0.3 is 0 Å². The fourth-order valence-electron chi connectivity index (χ4n) is 3.92. The van der Waals surface area contributed by atoms with Crippen LogP contribution >= 0.6 is 23.5 Å². The molecule has 3 aromatic rings. The molecule has 4 rings (SSSR count). The van der Waals surface area contributed by atoms with Gasteiger partial charge in [-0.05, 0) is 73.5 Å². The molecule has 0 atom stereocenters. The van der Waals surface area contributed by atoms with Crippen molar-refractivity contribution < 1.29 is 4.74 Å². The second-order valence-electron chi connectivity index (χ2n) is 8.03. The van der Waals surface area contributed by atoms with Crippen LogP contribution in [0.15, 0.2) is 59.6 Å². The molecule has 0 bridgehead atoms. The average molecular weight is 469 g/mol. The quantitative estimate of drug-likeness (QED) is 0.337. The highest BCUT2D eigenvalue weighted by Crippen LogP contribution is 2.29. The van der Waals surface area contributed by atoms with Gasteiger partial charge in [-0.1, -0.05) is 49.1 Å². The molecule has 7 heteroatoms. The Morgan fingerprint density at radius 2 is 1.81 bits per heavy atom. The molecule has 1 aliphatic carbocycles. The summed E-state index contributed by atoms with van der Waals surface area (Å²) in [5, 5.41) is 4.29. The van der Waals surface area contributed by atoms with Crippen molar-refractivity contribution in [1.82, 2.24) is 9.97 Å². The molecule has 0 aliphatic heterocycles. The molecule has 1 saturated carbocycles. The van der Waals surface area contributed by atoms with Crippen molar-refractivity contribution in [2.45, 2.75) is 55.9 Å². The van der Waals surface area contributed by atoms with Crippen LogP contribution in [0, 0.1) is 0 Å². The summed E-state index contributed by atoms with van der Waals surface area (Å²) in [5.41, 5.74) is 2.28. The number of hydrogen-bond acceptors (Lipinski definition) is 6. The highest BCUT2D eigenvalue weighted by atomic mass is 35.5. The third-order valence-corrected chi connectivity index (χ3v) is 7.03. The van der Waals surface area contributed by atoms with Crippen molar-refractivity contribution in [3.05, 3.63) is 70.9 Å². The van der Waals surface area contributed by atoms with Gasteiger partial charge in [0.1, 0.15) is 11.6 Å². The van der Waals surface area contributed by atoms with Crippen LogP contribution in [0.1, 0.15) is 43.2 Å². The summed E-state index contributed by atoms with van der Waals surface area (Å²) in [5.74, 6) is 2.35. The molecule has 0 spiro atoms. The number of rotatable bonds is 9. The first-order valence-corrected chi connectivity index (χ1v) is 12.3. The summed E-state index contributed by atoms with van der Waals surface area (Å²) < 4.78 is 8.78. The van der Waals surface area contributed by atoms with Gasteiger partial charge in [-0.2, -0.15) is 4.98 Å². The van der Waals surface area contributed by atoms with Crippen molar-refractivity contribution in [3.63, 3.8) is 0 Å². The minimum absolute atomic E-state index is 0.570. The summed E-state index contributed by atoms with van der Waals surface area (Å²) in [4.78, 5) is 10.2. The van der Waals surface area contributed by atoms with E-state index in [1.165, 1.54) is 49.6 Å². The molecular weight excluding hydrogens is 440 g/mol. The molecule has 1 fully saturated rings. The monoisotopic (exact) mass is 468 g/mol. The zero-order valence-electron chi connectivity index (χ0n) is 18.3. The molecule has 168 valence electrons. The van der Waals surface area contributed by atoms with Crippen molar-refractivity contribution >= 4 is 35.2 Å².